The molecule has 0 saturated carbocycles. The molecule has 1 fully saturated rings. The third-order valence-corrected chi connectivity index (χ3v) is 4.96. The highest BCUT2D eigenvalue weighted by Gasteiger charge is 2.18. The van der Waals surface area contributed by atoms with E-state index in [4.69, 9.17) is 0 Å². The lowest BCUT2D eigenvalue weighted by atomic mass is 10.1. The van der Waals surface area contributed by atoms with Gasteiger partial charge in [0.1, 0.15) is 0 Å². The Kier molecular flexibility index (Phi) is 6.11. The number of anilines is 1. The van der Waals surface area contributed by atoms with Crippen molar-refractivity contribution in [2.45, 2.75) is 38.6 Å². The van der Waals surface area contributed by atoms with Crippen LogP contribution in [0.25, 0.3) is 0 Å². The second-order valence-electron chi connectivity index (χ2n) is 6.90. The third kappa shape index (κ3) is 4.87. The molecule has 7 nitrogen and oxygen atoms in total. The van der Waals surface area contributed by atoms with E-state index in [0.29, 0.717) is 12.1 Å². The normalized spacial score (nSPS) is 14.8. The van der Waals surface area contributed by atoms with Crippen molar-refractivity contribution in [2.24, 2.45) is 7.05 Å². The minimum Gasteiger partial charge on any atom is -0.342 e. The maximum atomic E-state index is 12.3. The first-order valence-electron chi connectivity index (χ1n) is 9.49. The molecule has 27 heavy (non-hydrogen) atoms. The predicted octanol–water partition coefficient (Wildman–Crippen LogP) is 2.86. The fourth-order valence-corrected chi connectivity index (χ4v) is 3.40. The molecule has 3 rings (SSSR count). The van der Waals surface area contributed by atoms with Gasteiger partial charge in [-0.05, 0) is 43.0 Å². The molecule has 3 amide bonds. The van der Waals surface area contributed by atoms with Crippen LogP contribution >= 0.6 is 0 Å². The van der Waals surface area contributed by atoms with E-state index in [9.17, 15) is 9.59 Å². The molecule has 1 aromatic heterocycles. The van der Waals surface area contributed by atoms with Gasteiger partial charge in [0.25, 0.3) is 0 Å². The molecule has 1 saturated heterocycles. The second-order valence-corrected chi connectivity index (χ2v) is 6.90. The Morgan fingerprint density at radius 2 is 1.85 bits per heavy atom. The molecule has 1 aliphatic rings. The maximum absolute atomic E-state index is 12.3. The lowest BCUT2D eigenvalue weighted by Gasteiger charge is -2.18. The van der Waals surface area contributed by atoms with Gasteiger partial charge in [0.15, 0.2) is 0 Å². The van der Waals surface area contributed by atoms with Gasteiger partial charge in [0, 0.05) is 32.0 Å². The van der Waals surface area contributed by atoms with Gasteiger partial charge in [-0.1, -0.05) is 19.1 Å². The first-order valence-corrected chi connectivity index (χ1v) is 9.49. The van der Waals surface area contributed by atoms with E-state index < -0.39 is 0 Å². The lowest BCUT2D eigenvalue weighted by molar-refractivity contribution is -0.129. The van der Waals surface area contributed by atoms with Crippen molar-refractivity contribution in [3.8, 4) is 0 Å². The number of hydrogen-bond donors (Lipinski definition) is 2. The number of hydrogen-bond acceptors (Lipinski definition) is 3. The van der Waals surface area contributed by atoms with Crippen molar-refractivity contribution in [2.75, 3.05) is 18.4 Å². The number of likely N-dealkylation sites (tertiary alicyclic amines) is 1. The smallest absolute Gasteiger partial charge is 0.319 e. The highest BCUT2D eigenvalue weighted by atomic mass is 16.2. The van der Waals surface area contributed by atoms with Crippen LogP contribution in [0.15, 0.2) is 36.5 Å². The van der Waals surface area contributed by atoms with Crippen molar-refractivity contribution in [3.63, 3.8) is 0 Å². The molecule has 1 aromatic carbocycles. The number of aromatic nitrogens is 2. The Morgan fingerprint density at radius 1 is 1.15 bits per heavy atom. The van der Waals surface area contributed by atoms with Crippen LogP contribution in [-0.4, -0.2) is 39.7 Å². The number of amides is 3. The van der Waals surface area contributed by atoms with E-state index in [1.54, 1.807) is 10.9 Å². The lowest BCUT2D eigenvalue weighted by Crippen LogP contribution is -2.33. The Hall–Kier alpha value is -2.83. The summed E-state index contributed by atoms with van der Waals surface area (Å²) in [6.45, 7) is 3.76. The summed E-state index contributed by atoms with van der Waals surface area (Å²) in [5.41, 5.74) is 2.62. The maximum Gasteiger partial charge on any atom is 0.319 e. The summed E-state index contributed by atoms with van der Waals surface area (Å²) in [6.07, 6.45) is 5.09. The summed E-state index contributed by atoms with van der Waals surface area (Å²) in [5.74, 6) is 0.174. The summed E-state index contributed by atoms with van der Waals surface area (Å²) >= 11 is 0. The number of aryl methyl sites for hydroxylation is 1. The minimum atomic E-state index is -0.260. The van der Waals surface area contributed by atoms with Gasteiger partial charge >= 0.3 is 6.03 Å². The van der Waals surface area contributed by atoms with Crippen molar-refractivity contribution in [3.05, 3.63) is 47.8 Å². The number of nitrogens with zero attached hydrogens (tertiary/aromatic N) is 3. The molecule has 2 heterocycles. The van der Waals surface area contributed by atoms with Gasteiger partial charge in [-0.15, -0.1) is 0 Å². The van der Waals surface area contributed by atoms with E-state index in [-0.39, 0.29) is 18.0 Å². The molecule has 2 N–H and O–H groups in total. The predicted molar refractivity (Wildman–Crippen MR) is 104 cm³/mol. The largest absolute Gasteiger partial charge is 0.342 e. The highest BCUT2D eigenvalue weighted by molar-refractivity contribution is 5.89. The van der Waals surface area contributed by atoms with Gasteiger partial charge in [-0.3, -0.25) is 9.48 Å². The summed E-state index contributed by atoms with van der Waals surface area (Å²) < 4.78 is 1.76. The molecule has 7 heteroatoms. The quantitative estimate of drug-likeness (QED) is 0.822. The van der Waals surface area contributed by atoms with Crippen LogP contribution in [-0.2, 0) is 18.3 Å². The van der Waals surface area contributed by atoms with Gasteiger partial charge in [0.05, 0.1) is 18.2 Å². The van der Waals surface area contributed by atoms with E-state index in [1.807, 2.05) is 49.2 Å². The van der Waals surface area contributed by atoms with Crippen LogP contribution in [0.2, 0.25) is 0 Å². The van der Waals surface area contributed by atoms with Gasteiger partial charge < -0.3 is 15.5 Å². The average Bonchev–Trinajstić information content (AvgIpc) is 3.33. The van der Waals surface area contributed by atoms with E-state index in [1.165, 1.54) is 0 Å². The molecule has 0 unspecified atom stereocenters. The SMILES string of the molecule is CC[C@H](NC(=O)Nc1ccc(CC(=O)N2CCCC2)cc1)c1ccnn1C. The van der Waals surface area contributed by atoms with Gasteiger partial charge in [0.2, 0.25) is 5.91 Å². The monoisotopic (exact) mass is 369 g/mol. The van der Waals surface area contributed by atoms with Crippen LogP contribution in [0.1, 0.15) is 43.5 Å². The minimum absolute atomic E-state index is 0.102. The molecule has 2 aromatic rings. The average molecular weight is 369 g/mol. The number of carbonyl (C=O) groups excluding carboxylic acids is 2. The summed E-state index contributed by atoms with van der Waals surface area (Å²) in [6, 6.07) is 8.98. The summed E-state index contributed by atoms with van der Waals surface area (Å²) in [5, 5.41) is 9.97. The zero-order valence-corrected chi connectivity index (χ0v) is 15.9. The molecular weight excluding hydrogens is 342 g/mol. The first-order chi connectivity index (χ1) is 13.1. The molecule has 0 radical (unpaired) electrons. The standard InChI is InChI=1S/C20H27N5O2/c1-3-17(18-10-11-21-24(18)2)23-20(27)22-16-8-6-15(7-9-16)14-19(26)25-12-4-5-13-25/h6-11,17H,3-5,12-14H2,1-2H3,(H2,22,23,27)/t17-/m0/s1. The van der Waals surface area contributed by atoms with Crippen molar-refractivity contribution >= 4 is 17.6 Å². The highest BCUT2D eigenvalue weighted by Crippen LogP contribution is 2.17. The van der Waals surface area contributed by atoms with Crippen molar-refractivity contribution < 1.29 is 9.59 Å². The molecule has 1 atom stereocenters. The fourth-order valence-electron chi connectivity index (χ4n) is 3.40. The Balaban J connectivity index is 1.53. The third-order valence-electron chi connectivity index (χ3n) is 4.96. The first kappa shape index (κ1) is 18.9. The Morgan fingerprint density at radius 3 is 2.44 bits per heavy atom. The van der Waals surface area contributed by atoms with E-state index in [0.717, 1.165) is 43.6 Å². The molecule has 0 spiro atoms. The molecule has 144 valence electrons. The van der Waals surface area contributed by atoms with Crippen LogP contribution in [0.5, 0.6) is 0 Å². The van der Waals surface area contributed by atoms with Crippen LogP contribution in [0.4, 0.5) is 10.5 Å². The topological polar surface area (TPSA) is 79.3 Å². The second kappa shape index (κ2) is 8.70. The Bertz CT molecular complexity index is 778. The summed E-state index contributed by atoms with van der Waals surface area (Å²) in [7, 11) is 1.86. The fraction of sp³-hybridized carbons (Fsp3) is 0.450. The van der Waals surface area contributed by atoms with Gasteiger partial charge in [-0.2, -0.15) is 5.10 Å². The molecule has 0 aliphatic carbocycles. The Labute approximate surface area is 159 Å². The number of benzene rings is 1. The van der Waals surface area contributed by atoms with Crippen LogP contribution in [0.3, 0.4) is 0 Å². The van der Waals surface area contributed by atoms with Crippen LogP contribution < -0.4 is 10.6 Å². The number of rotatable bonds is 6. The van der Waals surface area contributed by atoms with Crippen LogP contribution in [0, 0.1) is 0 Å². The molecule has 0 bridgehead atoms. The van der Waals surface area contributed by atoms with Crippen molar-refractivity contribution in [1.82, 2.24) is 20.0 Å². The molecular formula is C20H27N5O2. The number of nitrogens with one attached hydrogen (secondary N) is 2. The zero-order valence-electron chi connectivity index (χ0n) is 15.9. The number of carbonyl (C=O) groups is 2. The zero-order chi connectivity index (χ0) is 19.2. The van der Waals surface area contributed by atoms with Gasteiger partial charge in [-0.25, -0.2) is 4.79 Å². The summed E-state index contributed by atoms with van der Waals surface area (Å²) in [4.78, 5) is 26.4. The van der Waals surface area contributed by atoms with E-state index in [2.05, 4.69) is 15.7 Å². The van der Waals surface area contributed by atoms with Crippen molar-refractivity contribution in [1.29, 1.82) is 0 Å². The molecule has 1 aliphatic heterocycles. The van der Waals surface area contributed by atoms with E-state index >= 15 is 0 Å². The number of urea groups is 1.